The van der Waals surface area contributed by atoms with Crippen LogP contribution in [0.1, 0.15) is 22.5 Å². The molecule has 0 radical (unpaired) electrons. The topological polar surface area (TPSA) is 87.7 Å². The molecule has 1 N–H and O–H groups in total. The lowest BCUT2D eigenvalue weighted by Gasteiger charge is -2.35. The fourth-order valence-corrected chi connectivity index (χ4v) is 3.07. The highest BCUT2D eigenvalue weighted by Crippen LogP contribution is 2.34. The summed E-state index contributed by atoms with van der Waals surface area (Å²) in [6.45, 7) is 0.926. The number of nitrogens with zero attached hydrogens (tertiary/aromatic N) is 4. The molecule has 0 saturated carbocycles. The van der Waals surface area contributed by atoms with Gasteiger partial charge in [-0.15, -0.1) is 0 Å². The van der Waals surface area contributed by atoms with E-state index in [4.69, 9.17) is 4.74 Å². The number of nitrogens with one attached hydrogen (secondary N) is 1. The monoisotopic (exact) mass is 383 g/mol. The van der Waals surface area contributed by atoms with Crippen molar-refractivity contribution in [3.05, 3.63) is 48.0 Å². The van der Waals surface area contributed by atoms with Gasteiger partial charge in [-0.05, 0) is 18.2 Å². The van der Waals surface area contributed by atoms with Crippen molar-refractivity contribution >= 4 is 17.5 Å². The molecule has 1 aromatic carbocycles. The van der Waals surface area contributed by atoms with Crippen LogP contribution in [-0.4, -0.2) is 67.0 Å². The molecule has 3 rings (SSSR count). The quantitative estimate of drug-likeness (QED) is 0.804. The molecule has 8 nitrogen and oxygen atoms in total. The summed E-state index contributed by atoms with van der Waals surface area (Å²) in [7, 11) is 5.36. The summed E-state index contributed by atoms with van der Waals surface area (Å²) in [6.07, 6.45) is 5.89. The highest BCUT2D eigenvalue weighted by Gasteiger charge is 2.27. The Morgan fingerprint density at radius 1 is 1.32 bits per heavy atom. The molecule has 2 aromatic rings. The van der Waals surface area contributed by atoms with Crippen LogP contribution in [0.5, 0.6) is 5.75 Å². The Morgan fingerprint density at radius 3 is 2.86 bits per heavy atom. The standard InChI is InChI=1S/C20H25N5O3/c1-24(2)20(27)14-4-5-18-17(10-14)25(3)16(13-28-18)11-19(26)23-7-6-15-12-21-8-9-22-15/h4-5,8-10,12,16H,6-7,11,13H2,1-3H3,(H,23,26)/t16-/m0/s1. The first-order valence-corrected chi connectivity index (χ1v) is 9.18. The van der Waals surface area contributed by atoms with E-state index in [1.807, 2.05) is 18.0 Å². The van der Waals surface area contributed by atoms with Gasteiger partial charge in [-0.25, -0.2) is 0 Å². The average molecular weight is 383 g/mol. The first kappa shape index (κ1) is 19.6. The number of fused-ring (bicyclic) bond motifs is 1. The van der Waals surface area contributed by atoms with Crippen LogP contribution in [0.2, 0.25) is 0 Å². The lowest BCUT2D eigenvalue weighted by Crippen LogP contribution is -2.44. The van der Waals surface area contributed by atoms with Crippen molar-refractivity contribution in [2.45, 2.75) is 18.9 Å². The molecule has 2 heterocycles. The van der Waals surface area contributed by atoms with Gasteiger partial charge in [-0.2, -0.15) is 0 Å². The minimum atomic E-state index is -0.103. The molecule has 0 bridgehead atoms. The van der Waals surface area contributed by atoms with Crippen LogP contribution >= 0.6 is 0 Å². The van der Waals surface area contributed by atoms with Crippen molar-refractivity contribution in [2.75, 3.05) is 39.2 Å². The number of rotatable bonds is 6. The molecule has 1 atom stereocenters. The van der Waals surface area contributed by atoms with Crippen LogP contribution in [0, 0.1) is 0 Å². The van der Waals surface area contributed by atoms with Crippen LogP contribution in [0.15, 0.2) is 36.8 Å². The van der Waals surface area contributed by atoms with Crippen molar-refractivity contribution < 1.29 is 14.3 Å². The second-order valence-electron chi connectivity index (χ2n) is 6.96. The summed E-state index contributed by atoms with van der Waals surface area (Å²) in [6, 6.07) is 5.28. The molecule has 0 fully saturated rings. The van der Waals surface area contributed by atoms with Gasteiger partial charge in [0.1, 0.15) is 12.4 Å². The number of hydrogen-bond acceptors (Lipinski definition) is 6. The van der Waals surface area contributed by atoms with Gasteiger partial charge >= 0.3 is 0 Å². The predicted molar refractivity (Wildman–Crippen MR) is 106 cm³/mol. The van der Waals surface area contributed by atoms with Gasteiger partial charge in [0.25, 0.3) is 5.91 Å². The van der Waals surface area contributed by atoms with Crippen molar-refractivity contribution in [1.29, 1.82) is 0 Å². The molecule has 1 aliphatic rings. The van der Waals surface area contributed by atoms with Crippen molar-refractivity contribution in [1.82, 2.24) is 20.2 Å². The minimum absolute atomic E-state index is 0.0479. The molecule has 0 aliphatic carbocycles. The average Bonchev–Trinajstić information content (AvgIpc) is 2.70. The molecule has 8 heteroatoms. The Kier molecular flexibility index (Phi) is 6.08. The second kappa shape index (κ2) is 8.69. The number of hydrogen-bond donors (Lipinski definition) is 1. The first-order valence-electron chi connectivity index (χ1n) is 9.18. The molecule has 0 saturated heterocycles. The Labute approximate surface area is 164 Å². The zero-order valence-electron chi connectivity index (χ0n) is 16.4. The third-order valence-corrected chi connectivity index (χ3v) is 4.71. The van der Waals surface area contributed by atoms with Crippen LogP contribution in [0.3, 0.4) is 0 Å². The number of anilines is 1. The number of aromatic nitrogens is 2. The largest absolute Gasteiger partial charge is 0.489 e. The molecule has 0 unspecified atom stereocenters. The molecule has 148 valence electrons. The van der Waals surface area contributed by atoms with Gasteiger partial charge in [-0.3, -0.25) is 19.6 Å². The SMILES string of the molecule is CN(C)C(=O)c1ccc2c(c1)N(C)[C@@H](CC(=O)NCCc1cnccn1)CO2. The lowest BCUT2D eigenvalue weighted by molar-refractivity contribution is -0.121. The van der Waals surface area contributed by atoms with Gasteiger partial charge in [-0.1, -0.05) is 0 Å². The number of carbonyl (C=O) groups excluding carboxylic acids is 2. The number of carbonyl (C=O) groups is 2. The summed E-state index contributed by atoms with van der Waals surface area (Å²) in [5.74, 6) is 0.602. The first-order chi connectivity index (χ1) is 13.5. The maximum Gasteiger partial charge on any atom is 0.253 e. The molecule has 1 aliphatic heterocycles. The van der Waals surface area contributed by atoms with E-state index in [1.54, 1.807) is 44.8 Å². The molecule has 28 heavy (non-hydrogen) atoms. The molecule has 1 aromatic heterocycles. The van der Waals surface area contributed by atoms with E-state index in [0.717, 1.165) is 17.1 Å². The maximum absolute atomic E-state index is 12.3. The fourth-order valence-electron chi connectivity index (χ4n) is 3.07. The zero-order chi connectivity index (χ0) is 20.1. The van der Waals surface area contributed by atoms with Crippen LogP contribution in [-0.2, 0) is 11.2 Å². The maximum atomic E-state index is 12.3. The molecule has 0 spiro atoms. The fraction of sp³-hybridized carbons (Fsp3) is 0.400. The summed E-state index contributed by atoms with van der Waals surface area (Å²) >= 11 is 0. The van der Waals surface area contributed by atoms with Gasteiger partial charge in [0, 0.05) is 58.3 Å². The Bertz CT molecular complexity index is 841. The van der Waals surface area contributed by atoms with E-state index in [-0.39, 0.29) is 17.9 Å². The van der Waals surface area contributed by atoms with Crippen molar-refractivity contribution in [3.63, 3.8) is 0 Å². The molecule has 2 amide bonds. The molecular formula is C20H25N5O3. The van der Waals surface area contributed by atoms with Gasteiger partial charge in [0.2, 0.25) is 5.91 Å². The van der Waals surface area contributed by atoms with E-state index in [0.29, 0.717) is 31.6 Å². The second-order valence-corrected chi connectivity index (χ2v) is 6.96. The van der Waals surface area contributed by atoms with Crippen LogP contribution in [0.25, 0.3) is 0 Å². The minimum Gasteiger partial charge on any atom is -0.489 e. The highest BCUT2D eigenvalue weighted by atomic mass is 16.5. The van der Waals surface area contributed by atoms with Crippen LogP contribution in [0.4, 0.5) is 5.69 Å². The third-order valence-electron chi connectivity index (χ3n) is 4.71. The van der Waals surface area contributed by atoms with E-state index < -0.39 is 0 Å². The normalized spacial score (nSPS) is 15.4. The highest BCUT2D eigenvalue weighted by molar-refractivity contribution is 5.95. The summed E-state index contributed by atoms with van der Waals surface area (Å²) in [5.41, 5.74) is 2.25. The Balaban J connectivity index is 1.58. The van der Waals surface area contributed by atoms with E-state index >= 15 is 0 Å². The van der Waals surface area contributed by atoms with Crippen LogP contribution < -0.4 is 15.0 Å². The van der Waals surface area contributed by atoms with E-state index in [2.05, 4.69) is 15.3 Å². The zero-order valence-corrected chi connectivity index (χ0v) is 16.4. The Hall–Kier alpha value is -3.16. The smallest absolute Gasteiger partial charge is 0.253 e. The predicted octanol–water partition coefficient (Wildman–Crippen LogP) is 1.12. The molecular weight excluding hydrogens is 358 g/mol. The number of likely N-dealkylation sites (N-methyl/N-ethyl adjacent to an activating group) is 1. The number of benzene rings is 1. The lowest BCUT2D eigenvalue weighted by atomic mass is 10.1. The van der Waals surface area contributed by atoms with E-state index in [9.17, 15) is 9.59 Å². The summed E-state index contributed by atoms with van der Waals surface area (Å²) < 4.78 is 5.81. The van der Waals surface area contributed by atoms with Gasteiger partial charge < -0.3 is 19.9 Å². The van der Waals surface area contributed by atoms with E-state index in [1.165, 1.54) is 4.90 Å². The van der Waals surface area contributed by atoms with Gasteiger partial charge in [0.05, 0.1) is 23.8 Å². The van der Waals surface area contributed by atoms with Gasteiger partial charge in [0.15, 0.2) is 0 Å². The third kappa shape index (κ3) is 4.57. The Morgan fingerprint density at radius 2 is 2.14 bits per heavy atom. The number of amides is 2. The van der Waals surface area contributed by atoms with Crippen molar-refractivity contribution in [2.24, 2.45) is 0 Å². The summed E-state index contributed by atoms with van der Waals surface area (Å²) in [5, 5.41) is 2.92. The number of ether oxygens (including phenoxy) is 1. The van der Waals surface area contributed by atoms with Crippen molar-refractivity contribution in [3.8, 4) is 5.75 Å². The summed E-state index contributed by atoms with van der Waals surface area (Å²) in [4.78, 5) is 36.3.